The molecule has 2 fully saturated rings. The molecule has 5 nitrogen and oxygen atoms in total. The minimum absolute atomic E-state index is 0. The molecule has 1 aromatic rings. The zero-order valence-electron chi connectivity index (χ0n) is 15.0. The van der Waals surface area contributed by atoms with Crippen LogP contribution in [0.1, 0.15) is 25.7 Å². The van der Waals surface area contributed by atoms with E-state index in [9.17, 15) is 8.78 Å². The predicted molar refractivity (Wildman–Crippen MR) is 111 cm³/mol. The SMILES string of the molecule is CN=C(NCCC1CC1)NC1CCN(c2ccccc2OC(F)F)C1.I. The van der Waals surface area contributed by atoms with Gasteiger partial charge in [0.15, 0.2) is 5.96 Å². The van der Waals surface area contributed by atoms with Crippen LogP contribution in [0.3, 0.4) is 0 Å². The van der Waals surface area contributed by atoms with Crippen LogP contribution in [0.25, 0.3) is 0 Å². The van der Waals surface area contributed by atoms with Crippen LogP contribution in [0.5, 0.6) is 5.75 Å². The second kappa shape index (κ2) is 10.1. The molecule has 1 aliphatic carbocycles. The predicted octanol–water partition coefficient (Wildman–Crippen LogP) is 3.45. The molecule has 1 aromatic carbocycles. The Bertz CT molecular complexity index is 598. The third kappa shape index (κ3) is 6.14. The van der Waals surface area contributed by atoms with Gasteiger partial charge in [-0.3, -0.25) is 4.99 Å². The summed E-state index contributed by atoms with van der Waals surface area (Å²) < 4.78 is 29.8. The minimum Gasteiger partial charge on any atom is -0.433 e. The molecule has 1 unspecified atom stereocenters. The molecule has 26 heavy (non-hydrogen) atoms. The van der Waals surface area contributed by atoms with Gasteiger partial charge in [0.25, 0.3) is 0 Å². The van der Waals surface area contributed by atoms with Crippen LogP contribution < -0.4 is 20.3 Å². The standard InChI is InChI=1S/C18H26F2N4O.HI/c1-21-18(22-10-8-13-6-7-13)23-14-9-11-24(12-14)15-4-2-3-5-16(15)25-17(19)20;/h2-5,13-14,17H,6-12H2,1H3,(H2,21,22,23);1H. The Labute approximate surface area is 170 Å². The van der Waals surface area contributed by atoms with Crippen LogP contribution in [0, 0.1) is 5.92 Å². The van der Waals surface area contributed by atoms with Crippen molar-refractivity contribution >= 4 is 35.6 Å². The van der Waals surface area contributed by atoms with Gasteiger partial charge in [-0.1, -0.05) is 25.0 Å². The summed E-state index contributed by atoms with van der Waals surface area (Å²) in [5.41, 5.74) is 0.712. The molecule has 2 aliphatic rings. The lowest BCUT2D eigenvalue weighted by Gasteiger charge is -2.22. The van der Waals surface area contributed by atoms with Crippen molar-refractivity contribution in [3.63, 3.8) is 0 Å². The molecule has 1 heterocycles. The molecular formula is C18H27F2IN4O. The lowest BCUT2D eigenvalue weighted by molar-refractivity contribution is -0.0495. The Morgan fingerprint density at radius 2 is 2.08 bits per heavy atom. The lowest BCUT2D eigenvalue weighted by atomic mass is 10.2. The molecule has 1 aliphatic heterocycles. The van der Waals surface area contributed by atoms with Crippen molar-refractivity contribution in [1.82, 2.24) is 10.6 Å². The molecule has 1 atom stereocenters. The van der Waals surface area contributed by atoms with Crippen molar-refractivity contribution in [3.8, 4) is 5.75 Å². The van der Waals surface area contributed by atoms with E-state index in [-0.39, 0.29) is 35.8 Å². The molecule has 146 valence electrons. The fourth-order valence-corrected chi connectivity index (χ4v) is 3.20. The maximum Gasteiger partial charge on any atom is 0.387 e. The number of hydrogen-bond acceptors (Lipinski definition) is 3. The zero-order valence-corrected chi connectivity index (χ0v) is 17.3. The van der Waals surface area contributed by atoms with Gasteiger partial charge in [0.05, 0.1) is 5.69 Å². The van der Waals surface area contributed by atoms with Crippen molar-refractivity contribution in [2.75, 3.05) is 31.6 Å². The highest BCUT2D eigenvalue weighted by Gasteiger charge is 2.26. The smallest absolute Gasteiger partial charge is 0.387 e. The van der Waals surface area contributed by atoms with Gasteiger partial charge in [0.2, 0.25) is 0 Å². The van der Waals surface area contributed by atoms with E-state index in [0.717, 1.165) is 37.9 Å². The van der Waals surface area contributed by atoms with Crippen LogP contribution in [0.2, 0.25) is 0 Å². The molecule has 1 saturated heterocycles. The Morgan fingerprint density at radius 1 is 1.31 bits per heavy atom. The maximum atomic E-state index is 12.6. The number of para-hydroxylation sites is 2. The van der Waals surface area contributed by atoms with Gasteiger partial charge in [0, 0.05) is 32.7 Å². The van der Waals surface area contributed by atoms with Crippen molar-refractivity contribution in [2.45, 2.75) is 38.3 Å². The van der Waals surface area contributed by atoms with E-state index in [1.807, 2.05) is 12.1 Å². The minimum atomic E-state index is -2.81. The number of aliphatic imine (C=N–C) groups is 1. The van der Waals surface area contributed by atoms with E-state index in [1.165, 1.54) is 19.3 Å². The molecule has 0 radical (unpaired) electrons. The summed E-state index contributed by atoms with van der Waals surface area (Å²) in [6.07, 6.45) is 4.82. The van der Waals surface area contributed by atoms with Gasteiger partial charge < -0.3 is 20.3 Å². The summed E-state index contributed by atoms with van der Waals surface area (Å²) in [7, 11) is 1.77. The third-order valence-corrected chi connectivity index (χ3v) is 4.72. The van der Waals surface area contributed by atoms with Gasteiger partial charge in [-0.25, -0.2) is 0 Å². The van der Waals surface area contributed by atoms with Gasteiger partial charge in [-0.15, -0.1) is 24.0 Å². The van der Waals surface area contributed by atoms with Crippen LogP contribution >= 0.6 is 24.0 Å². The Balaban J connectivity index is 0.00000243. The summed E-state index contributed by atoms with van der Waals surface area (Å²) in [6, 6.07) is 7.18. The van der Waals surface area contributed by atoms with Gasteiger partial charge in [-0.05, 0) is 30.9 Å². The Morgan fingerprint density at radius 3 is 2.77 bits per heavy atom. The second-order valence-corrected chi connectivity index (χ2v) is 6.65. The first-order valence-corrected chi connectivity index (χ1v) is 8.91. The number of hydrogen-bond donors (Lipinski definition) is 2. The number of benzene rings is 1. The van der Waals surface area contributed by atoms with Crippen molar-refractivity contribution in [1.29, 1.82) is 0 Å². The molecule has 1 saturated carbocycles. The average Bonchev–Trinajstić information content (AvgIpc) is 3.30. The molecular weight excluding hydrogens is 453 g/mol. The second-order valence-electron chi connectivity index (χ2n) is 6.65. The number of anilines is 1. The highest BCUT2D eigenvalue weighted by atomic mass is 127. The lowest BCUT2D eigenvalue weighted by Crippen LogP contribution is -2.44. The zero-order chi connectivity index (χ0) is 17.6. The number of alkyl halides is 2. The van der Waals surface area contributed by atoms with Crippen LogP contribution in [-0.4, -0.2) is 45.3 Å². The molecule has 0 spiro atoms. The van der Waals surface area contributed by atoms with Gasteiger partial charge in [-0.2, -0.15) is 8.78 Å². The summed E-state index contributed by atoms with van der Waals surface area (Å²) in [5, 5.41) is 6.78. The molecule has 0 amide bonds. The Kier molecular flexibility index (Phi) is 8.17. The molecule has 8 heteroatoms. The van der Waals surface area contributed by atoms with E-state index in [1.54, 1.807) is 19.2 Å². The molecule has 3 rings (SSSR count). The van der Waals surface area contributed by atoms with E-state index < -0.39 is 6.61 Å². The monoisotopic (exact) mass is 480 g/mol. The third-order valence-electron chi connectivity index (χ3n) is 4.72. The number of nitrogens with one attached hydrogen (secondary N) is 2. The largest absolute Gasteiger partial charge is 0.433 e. The maximum absolute atomic E-state index is 12.6. The van der Waals surface area contributed by atoms with E-state index in [0.29, 0.717) is 5.69 Å². The first-order valence-electron chi connectivity index (χ1n) is 8.91. The topological polar surface area (TPSA) is 48.9 Å². The highest BCUT2D eigenvalue weighted by Crippen LogP contribution is 2.32. The van der Waals surface area contributed by atoms with E-state index in [4.69, 9.17) is 0 Å². The number of guanidine groups is 1. The van der Waals surface area contributed by atoms with Crippen LogP contribution in [-0.2, 0) is 0 Å². The fourth-order valence-electron chi connectivity index (χ4n) is 3.20. The first-order chi connectivity index (χ1) is 12.2. The highest BCUT2D eigenvalue weighted by molar-refractivity contribution is 14.0. The van der Waals surface area contributed by atoms with Crippen molar-refractivity contribution in [2.24, 2.45) is 10.9 Å². The van der Waals surface area contributed by atoms with Gasteiger partial charge in [0.1, 0.15) is 5.75 Å². The molecule has 0 bridgehead atoms. The quantitative estimate of drug-likeness (QED) is 0.357. The van der Waals surface area contributed by atoms with E-state index in [2.05, 4.69) is 25.3 Å². The van der Waals surface area contributed by atoms with Crippen LogP contribution in [0.4, 0.5) is 14.5 Å². The number of nitrogens with zero attached hydrogens (tertiary/aromatic N) is 2. The molecule has 0 aromatic heterocycles. The summed E-state index contributed by atoms with van der Waals surface area (Å²) in [5.74, 6) is 1.92. The van der Waals surface area contributed by atoms with E-state index >= 15 is 0 Å². The first kappa shape index (κ1) is 21.0. The van der Waals surface area contributed by atoms with Crippen LogP contribution in [0.15, 0.2) is 29.3 Å². The number of halogens is 3. The van der Waals surface area contributed by atoms with Crippen molar-refractivity contribution in [3.05, 3.63) is 24.3 Å². The Hall–Kier alpha value is -1.32. The average molecular weight is 480 g/mol. The van der Waals surface area contributed by atoms with Crippen molar-refractivity contribution < 1.29 is 13.5 Å². The molecule has 2 N–H and O–H groups in total. The summed E-state index contributed by atoms with van der Waals surface area (Å²) >= 11 is 0. The summed E-state index contributed by atoms with van der Waals surface area (Å²) in [4.78, 5) is 6.35. The number of ether oxygens (including phenoxy) is 1. The fraction of sp³-hybridized carbons (Fsp3) is 0.611. The summed E-state index contributed by atoms with van der Waals surface area (Å²) in [6.45, 7) is -0.355. The number of rotatable bonds is 7. The normalized spacial score (nSPS) is 20.1. The van der Waals surface area contributed by atoms with Gasteiger partial charge >= 0.3 is 6.61 Å².